The summed E-state index contributed by atoms with van der Waals surface area (Å²) >= 11 is 6.10. The van der Waals surface area contributed by atoms with E-state index in [0.29, 0.717) is 11.1 Å². The van der Waals surface area contributed by atoms with Crippen molar-refractivity contribution in [2.24, 2.45) is 0 Å². The third-order valence-electron chi connectivity index (χ3n) is 2.90. The summed E-state index contributed by atoms with van der Waals surface area (Å²) < 4.78 is 0. The summed E-state index contributed by atoms with van der Waals surface area (Å²) in [5.41, 5.74) is 1.89. The Balaban J connectivity index is 2.01. The van der Waals surface area contributed by atoms with Gasteiger partial charge in [-0.25, -0.2) is 0 Å². The van der Waals surface area contributed by atoms with E-state index >= 15 is 0 Å². The molecular formula is C13H17ClN2O. The van der Waals surface area contributed by atoms with E-state index in [4.69, 9.17) is 11.6 Å². The van der Waals surface area contributed by atoms with Crippen LogP contribution in [0.5, 0.6) is 0 Å². The number of amides is 1. The van der Waals surface area contributed by atoms with E-state index in [9.17, 15) is 4.79 Å². The molecule has 1 aliphatic rings. The summed E-state index contributed by atoms with van der Waals surface area (Å²) in [5, 5.41) is 6.78. The number of hydrogen-bond acceptors (Lipinski definition) is 2. The molecule has 0 radical (unpaired) electrons. The van der Waals surface area contributed by atoms with Gasteiger partial charge in [0.2, 0.25) is 5.91 Å². The van der Waals surface area contributed by atoms with Gasteiger partial charge in [0.1, 0.15) is 6.04 Å². The molecule has 4 heteroatoms. The maximum absolute atomic E-state index is 11.8. The summed E-state index contributed by atoms with van der Waals surface area (Å²) in [6.45, 7) is 3.82. The second-order valence-electron chi connectivity index (χ2n) is 4.58. The van der Waals surface area contributed by atoms with E-state index in [-0.39, 0.29) is 11.9 Å². The summed E-state index contributed by atoms with van der Waals surface area (Å²) in [5.74, 6) is 0.0341. The minimum Gasteiger partial charge on any atom is -0.372 e. The van der Waals surface area contributed by atoms with Gasteiger partial charge in [-0.2, -0.15) is 0 Å². The SMILES string of the molecule is Cc1cccc(Cl)c1NC(C)C(=O)NC1CC1. The number of benzene rings is 1. The molecule has 1 aromatic rings. The highest BCUT2D eigenvalue weighted by molar-refractivity contribution is 6.33. The maximum Gasteiger partial charge on any atom is 0.242 e. The predicted octanol–water partition coefficient (Wildman–Crippen LogP) is 2.73. The van der Waals surface area contributed by atoms with Gasteiger partial charge in [0, 0.05) is 6.04 Å². The fraction of sp³-hybridized carbons (Fsp3) is 0.462. The highest BCUT2D eigenvalue weighted by Gasteiger charge is 2.25. The first-order valence-corrected chi connectivity index (χ1v) is 6.27. The molecule has 3 nitrogen and oxygen atoms in total. The van der Waals surface area contributed by atoms with Gasteiger partial charge in [0.05, 0.1) is 10.7 Å². The van der Waals surface area contributed by atoms with Crippen molar-refractivity contribution < 1.29 is 4.79 Å². The van der Waals surface area contributed by atoms with Crippen molar-refractivity contribution in [3.63, 3.8) is 0 Å². The number of carbonyl (C=O) groups is 1. The fourth-order valence-corrected chi connectivity index (χ4v) is 1.93. The standard InChI is InChI=1S/C13H17ClN2O/c1-8-4-3-5-11(14)12(8)15-9(2)13(17)16-10-6-7-10/h3-5,9-10,15H,6-7H2,1-2H3,(H,16,17). The zero-order valence-corrected chi connectivity index (χ0v) is 10.8. The van der Waals surface area contributed by atoms with E-state index in [1.54, 1.807) is 0 Å². The molecule has 1 amide bonds. The summed E-state index contributed by atoms with van der Waals surface area (Å²) in [4.78, 5) is 11.8. The lowest BCUT2D eigenvalue weighted by atomic mass is 10.2. The normalized spacial score (nSPS) is 16.4. The number of carbonyl (C=O) groups excluding carboxylic acids is 1. The first kappa shape index (κ1) is 12.2. The minimum absolute atomic E-state index is 0.0341. The lowest BCUT2D eigenvalue weighted by molar-refractivity contribution is -0.121. The van der Waals surface area contributed by atoms with Crippen molar-refractivity contribution in [2.75, 3.05) is 5.32 Å². The zero-order valence-electron chi connectivity index (χ0n) is 10.1. The quantitative estimate of drug-likeness (QED) is 0.865. The van der Waals surface area contributed by atoms with Crippen LogP contribution in [0.4, 0.5) is 5.69 Å². The molecule has 0 aliphatic heterocycles. The lowest BCUT2D eigenvalue weighted by Crippen LogP contribution is -2.38. The smallest absolute Gasteiger partial charge is 0.242 e. The Morgan fingerprint density at radius 3 is 2.76 bits per heavy atom. The second kappa shape index (κ2) is 4.96. The van der Waals surface area contributed by atoms with Crippen LogP contribution < -0.4 is 10.6 Å². The van der Waals surface area contributed by atoms with Gasteiger partial charge in [-0.3, -0.25) is 4.79 Å². The molecule has 0 aromatic heterocycles. The largest absolute Gasteiger partial charge is 0.372 e. The van der Waals surface area contributed by atoms with Crippen LogP contribution in [0.15, 0.2) is 18.2 Å². The molecule has 92 valence electrons. The molecule has 1 fully saturated rings. The number of hydrogen-bond donors (Lipinski definition) is 2. The Morgan fingerprint density at radius 2 is 2.18 bits per heavy atom. The third-order valence-corrected chi connectivity index (χ3v) is 3.21. The highest BCUT2D eigenvalue weighted by atomic mass is 35.5. The van der Waals surface area contributed by atoms with Crippen molar-refractivity contribution in [3.05, 3.63) is 28.8 Å². The predicted molar refractivity (Wildman–Crippen MR) is 70.4 cm³/mol. The Kier molecular flexibility index (Phi) is 3.57. The molecule has 2 rings (SSSR count). The Labute approximate surface area is 107 Å². The monoisotopic (exact) mass is 252 g/mol. The van der Waals surface area contributed by atoms with Crippen molar-refractivity contribution in [3.8, 4) is 0 Å². The molecule has 1 aliphatic carbocycles. The van der Waals surface area contributed by atoms with Crippen LogP contribution in [-0.2, 0) is 4.79 Å². The number of anilines is 1. The second-order valence-corrected chi connectivity index (χ2v) is 4.99. The lowest BCUT2D eigenvalue weighted by Gasteiger charge is -2.17. The van der Waals surface area contributed by atoms with Gasteiger partial charge in [-0.05, 0) is 38.3 Å². The van der Waals surface area contributed by atoms with Crippen LogP contribution in [0, 0.1) is 6.92 Å². The number of halogens is 1. The molecule has 1 unspecified atom stereocenters. The van der Waals surface area contributed by atoms with E-state index < -0.39 is 0 Å². The molecule has 0 heterocycles. The molecule has 1 aromatic carbocycles. The average molecular weight is 253 g/mol. The van der Waals surface area contributed by atoms with Gasteiger partial charge in [-0.15, -0.1) is 0 Å². The Bertz CT molecular complexity index is 409. The summed E-state index contributed by atoms with van der Waals surface area (Å²) in [7, 11) is 0. The van der Waals surface area contributed by atoms with E-state index in [0.717, 1.165) is 24.1 Å². The van der Waals surface area contributed by atoms with Crippen molar-refractivity contribution in [1.29, 1.82) is 0 Å². The molecule has 0 bridgehead atoms. The zero-order chi connectivity index (χ0) is 12.4. The molecule has 0 saturated heterocycles. The van der Waals surface area contributed by atoms with Crippen LogP contribution in [-0.4, -0.2) is 18.0 Å². The number of aryl methyl sites for hydroxylation is 1. The Hall–Kier alpha value is -1.22. The molecule has 0 spiro atoms. The average Bonchev–Trinajstić information content (AvgIpc) is 3.07. The minimum atomic E-state index is -0.269. The van der Waals surface area contributed by atoms with Gasteiger partial charge in [0.15, 0.2) is 0 Å². The molecule has 2 N–H and O–H groups in total. The molecule has 17 heavy (non-hydrogen) atoms. The van der Waals surface area contributed by atoms with Gasteiger partial charge in [-0.1, -0.05) is 23.7 Å². The van der Waals surface area contributed by atoms with Crippen LogP contribution >= 0.6 is 11.6 Å². The van der Waals surface area contributed by atoms with Crippen LogP contribution in [0.1, 0.15) is 25.3 Å². The van der Waals surface area contributed by atoms with Crippen molar-refractivity contribution in [1.82, 2.24) is 5.32 Å². The van der Waals surface area contributed by atoms with Gasteiger partial charge in [0.25, 0.3) is 0 Å². The summed E-state index contributed by atoms with van der Waals surface area (Å²) in [6.07, 6.45) is 2.20. The fourth-order valence-electron chi connectivity index (χ4n) is 1.65. The number of nitrogens with one attached hydrogen (secondary N) is 2. The number of rotatable bonds is 4. The van der Waals surface area contributed by atoms with Crippen molar-refractivity contribution in [2.45, 2.75) is 38.8 Å². The van der Waals surface area contributed by atoms with E-state index in [2.05, 4.69) is 10.6 Å². The van der Waals surface area contributed by atoms with Crippen LogP contribution in [0.3, 0.4) is 0 Å². The van der Waals surface area contributed by atoms with Crippen LogP contribution in [0.25, 0.3) is 0 Å². The Morgan fingerprint density at radius 1 is 1.47 bits per heavy atom. The third kappa shape index (κ3) is 3.13. The summed E-state index contributed by atoms with van der Waals surface area (Å²) in [6, 6.07) is 5.81. The molecule has 1 saturated carbocycles. The topological polar surface area (TPSA) is 41.1 Å². The first-order chi connectivity index (χ1) is 8.08. The maximum atomic E-state index is 11.8. The molecular weight excluding hydrogens is 236 g/mol. The van der Waals surface area contributed by atoms with E-state index in [1.807, 2.05) is 32.0 Å². The van der Waals surface area contributed by atoms with Gasteiger partial charge < -0.3 is 10.6 Å². The number of para-hydroxylation sites is 1. The molecule has 1 atom stereocenters. The van der Waals surface area contributed by atoms with Crippen LogP contribution in [0.2, 0.25) is 5.02 Å². The van der Waals surface area contributed by atoms with Crippen molar-refractivity contribution >= 4 is 23.2 Å². The van der Waals surface area contributed by atoms with E-state index in [1.165, 1.54) is 0 Å². The highest BCUT2D eigenvalue weighted by Crippen LogP contribution is 2.26. The first-order valence-electron chi connectivity index (χ1n) is 5.90. The van der Waals surface area contributed by atoms with Gasteiger partial charge >= 0.3 is 0 Å².